The summed E-state index contributed by atoms with van der Waals surface area (Å²) in [4.78, 5) is 22.0. The van der Waals surface area contributed by atoms with E-state index in [1.54, 1.807) is 0 Å². The van der Waals surface area contributed by atoms with Crippen molar-refractivity contribution in [3.63, 3.8) is 0 Å². The lowest BCUT2D eigenvalue weighted by molar-refractivity contribution is -0.274. The molecule has 4 aromatic rings. The van der Waals surface area contributed by atoms with Crippen LogP contribution in [0.2, 0.25) is 0 Å². The number of carboxylic acid groups (broad SMARTS) is 1. The molecule has 8 nitrogen and oxygen atoms in total. The summed E-state index contributed by atoms with van der Waals surface area (Å²) >= 11 is 0. The molecule has 2 aliphatic carbocycles. The summed E-state index contributed by atoms with van der Waals surface area (Å²) < 4.78 is 76.0. The lowest BCUT2D eigenvalue weighted by Gasteiger charge is -2.12. The van der Waals surface area contributed by atoms with Gasteiger partial charge in [0.25, 0.3) is 5.89 Å². The van der Waals surface area contributed by atoms with E-state index >= 15 is 0 Å². The summed E-state index contributed by atoms with van der Waals surface area (Å²) in [5, 5.41) is 15.1. The third kappa shape index (κ3) is 5.06. The number of nitrogens with one attached hydrogen (secondary N) is 1. The Bertz CT molecular complexity index is 1740. The van der Waals surface area contributed by atoms with Gasteiger partial charge in [-0.3, -0.25) is 4.79 Å². The van der Waals surface area contributed by atoms with Crippen molar-refractivity contribution in [2.45, 2.75) is 43.9 Å². The maximum atomic E-state index is 13.7. The number of hydrogen-bond acceptors (Lipinski definition) is 6. The van der Waals surface area contributed by atoms with Gasteiger partial charge in [-0.25, -0.2) is 0 Å². The number of halogens is 5. The smallest absolute Gasteiger partial charge is 0.481 e. The van der Waals surface area contributed by atoms with Gasteiger partial charge in [-0.1, -0.05) is 17.3 Å². The van der Waals surface area contributed by atoms with Crippen LogP contribution in [0.5, 0.6) is 5.75 Å². The highest BCUT2D eigenvalue weighted by Crippen LogP contribution is 2.35. The summed E-state index contributed by atoms with van der Waals surface area (Å²) in [5.41, 5.74) is 1.98. The molecular weight excluding hydrogens is 539 g/mol. The molecule has 206 valence electrons. The second kappa shape index (κ2) is 9.57. The minimum absolute atomic E-state index is 0.0118. The number of H-pyrrole nitrogens is 1. The molecular formula is C27H19F5N4O4. The van der Waals surface area contributed by atoms with Crippen molar-refractivity contribution in [1.82, 2.24) is 20.1 Å². The third-order valence-corrected chi connectivity index (χ3v) is 6.98. The van der Waals surface area contributed by atoms with Crippen molar-refractivity contribution in [1.29, 1.82) is 0 Å². The van der Waals surface area contributed by atoms with Gasteiger partial charge in [0.05, 0.1) is 6.42 Å². The Hall–Kier alpha value is -4.55. The summed E-state index contributed by atoms with van der Waals surface area (Å²) in [5.74, 6) is -4.00. The maximum Gasteiger partial charge on any atom is 0.573 e. The van der Waals surface area contributed by atoms with Gasteiger partial charge in [0.2, 0.25) is 11.9 Å². The second-order valence-corrected chi connectivity index (χ2v) is 9.64. The Morgan fingerprint density at radius 3 is 2.52 bits per heavy atom. The predicted molar refractivity (Wildman–Crippen MR) is 129 cm³/mol. The van der Waals surface area contributed by atoms with E-state index in [0.717, 1.165) is 58.9 Å². The largest absolute Gasteiger partial charge is 0.573 e. The zero-order valence-corrected chi connectivity index (χ0v) is 20.4. The molecule has 13 heteroatoms. The SMILES string of the molecule is O=C(O)CC1CCc2c1[nH]c1c2=CC(c2noc(-c3cc(OC(F)(F)F)cc(-c4cc(F)nc(F)c4)c3)n2)CC=1. The van der Waals surface area contributed by atoms with E-state index in [9.17, 15) is 31.9 Å². The molecule has 2 N–H and O–H groups in total. The molecule has 3 heterocycles. The fourth-order valence-corrected chi connectivity index (χ4v) is 5.35. The molecule has 0 radical (unpaired) electrons. The van der Waals surface area contributed by atoms with E-state index in [4.69, 9.17) is 4.52 Å². The first-order chi connectivity index (χ1) is 19.0. The molecule has 1 aromatic carbocycles. The molecule has 0 fully saturated rings. The highest BCUT2D eigenvalue weighted by atomic mass is 19.4. The third-order valence-electron chi connectivity index (χ3n) is 6.98. The zero-order valence-electron chi connectivity index (χ0n) is 20.4. The minimum atomic E-state index is -5.02. The predicted octanol–water partition coefficient (Wildman–Crippen LogP) is 4.56. The Morgan fingerprint density at radius 2 is 1.80 bits per heavy atom. The molecule has 0 aliphatic heterocycles. The van der Waals surface area contributed by atoms with Gasteiger partial charge in [0.1, 0.15) is 5.75 Å². The first kappa shape index (κ1) is 25.7. The molecule has 0 spiro atoms. The molecule has 0 bridgehead atoms. The van der Waals surface area contributed by atoms with Crippen LogP contribution in [0.15, 0.2) is 34.9 Å². The van der Waals surface area contributed by atoms with E-state index in [2.05, 4.69) is 24.8 Å². The van der Waals surface area contributed by atoms with Gasteiger partial charge in [0, 0.05) is 40.6 Å². The number of carboxylic acids is 1. The van der Waals surface area contributed by atoms with Gasteiger partial charge in [-0.15, -0.1) is 13.2 Å². The number of rotatable bonds is 6. The Morgan fingerprint density at radius 1 is 1.07 bits per heavy atom. The number of hydrogen-bond donors (Lipinski definition) is 2. The van der Waals surface area contributed by atoms with Crippen molar-refractivity contribution in [3.8, 4) is 28.3 Å². The highest BCUT2D eigenvalue weighted by Gasteiger charge is 2.32. The Balaban J connectivity index is 1.35. The van der Waals surface area contributed by atoms with Crippen LogP contribution < -0.4 is 15.3 Å². The zero-order chi connectivity index (χ0) is 28.2. The number of nitrogens with zero attached hydrogens (tertiary/aromatic N) is 3. The van der Waals surface area contributed by atoms with Crippen molar-refractivity contribution < 1.29 is 41.1 Å². The molecule has 6 rings (SSSR count). The normalized spacial score (nSPS) is 18.0. The van der Waals surface area contributed by atoms with E-state index in [1.807, 2.05) is 12.2 Å². The average molecular weight is 558 g/mol. The van der Waals surface area contributed by atoms with E-state index < -0.39 is 30.0 Å². The number of benzene rings is 1. The molecule has 3 aromatic heterocycles. The Kier molecular flexibility index (Phi) is 6.15. The summed E-state index contributed by atoms with van der Waals surface area (Å²) in [6.07, 6.45) is 0.937. The quantitative estimate of drug-likeness (QED) is 0.264. The number of aliphatic carboxylic acids is 1. The topological polar surface area (TPSA) is 114 Å². The van der Waals surface area contributed by atoms with Crippen molar-refractivity contribution >= 4 is 18.1 Å². The monoisotopic (exact) mass is 558 g/mol. The van der Waals surface area contributed by atoms with Crippen LogP contribution in [0, 0.1) is 11.9 Å². The van der Waals surface area contributed by atoms with Crippen LogP contribution in [-0.4, -0.2) is 37.5 Å². The first-order valence-corrected chi connectivity index (χ1v) is 12.3. The molecule has 0 saturated carbocycles. The van der Waals surface area contributed by atoms with Gasteiger partial charge in [0.15, 0.2) is 5.82 Å². The van der Waals surface area contributed by atoms with Gasteiger partial charge in [-0.05, 0) is 59.4 Å². The summed E-state index contributed by atoms with van der Waals surface area (Å²) in [6.45, 7) is 0. The Labute approximate surface area is 221 Å². The molecule has 2 unspecified atom stereocenters. The maximum absolute atomic E-state index is 13.7. The van der Waals surface area contributed by atoms with Crippen LogP contribution in [0.1, 0.15) is 48.2 Å². The van der Waals surface area contributed by atoms with Crippen LogP contribution >= 0.6 is 0 Å². The standard InChI is InChI=1S/C27H19F5N4O4/c28-21-9-15(10-22(29)34-21)14-5-16(7-17(6-14)39-27(30,31)32)26-35-25(36-40-26)13-2-4-20-19(8-13)18-3-1-12(11-23(37)38)24(18)33-20/h4-10,12-13,33H,1-3,11H2,(H,37,38). The molecule has 0 amide bonds. The number of pyridine rings is 1. The van der Waals surface area contributed by atoms with Gasteiger partial charge in [-0.2, -0.15) is 18.7 Å². The second-order valence-electron chi connectivity index (χ2n) is 9.64. The molecule has 2 atom stereocenters. The van der Waals surface area contributed by atoms with Crippen molar-refractivity contribution in [3.05, 3.63) is 69.9 Å². The van der Waals surface area contributed by atoms with Gasteiger partial charge >= 0.3 is 12.3 Å². The van der Waals surface area contributed by atoms with Gasteiger partial charge < -0.3 is 19.4 Å². The molecule has 2 aliphatic rings. The number of fused-ring (bicyclic) bond motifs is 3. The first-order valence-electron chi connectivity index (χ1n) is 12.3. The molecule has 0 saturated heterocycles. The summed E-state index contributed by atoms with van der Waals surface area (Å²) in [6, 6.07) is 5.13. The lowest BCUT2D eigenvalue weighted by atomic mass is 9.97. The lowest BCUT2D eigenvalue weighted by Crippen LogP contribution is -2.29. The van der Waals surface area contributed by atoms with Crippen LogP contribution in [-0.2, 0) is 11.2 Å². The van der Waals surface area contributed by atoms with Crippen LogP contribution in [0.3, 0.4) is 0 Å². The van der Waals surface area contributed by atoms with Crippen LogP contribution in [0.4, 0.5) is 22.0 Å². The average Bonchev–Trinajstić information content (AvgIpc) is 3.58. The molecule has 40 heavy (non-hydrogen) atoms. The van der Waals surface area contributed by atoms with Crippen LogP contribution in [0.25, 0.3) is 34.7 Å². The highest BCUT2D eigenvalue weighted by molar-refractivity contribution is 5.72. The number of aromatic amines is 1. The van der Waals surface area contributed by atoms with E-state index in [-0.39, 0.29) is 46.7 Å². The number of carbonyl (C=O) groups is 1. The van der Waals surface area contributed by atoms with E-state index in [1.165, 1.54) is 6.07 Å². The fraction of sp³-hybridized carbons (Fsp3) is 0.259. The van der Waals surface area contributed by atoms with E-state index in [0.29, 0.717) is 6.42 Å². The minimum Gasteiger partial charge on any atom is -0.481 e. The fourth-order valence-electron chi connectivity index (χ4n) is 5.35. The van der Waals surface area contributed by atoms with Crippen molar-refractivity contribution in [2.24, 2.45) is 0 Å². The number of aromatic nitrogens is 4. The number of alkyl halides is 3. The summed E-state index contributed by atoms with van der Waals surface area (Å²) in [7, 11) is 0. The number of ether oxygens (including phenoxy) is 1. The van der Waals surface area contributed by atoms with Crippen molar-refractivity contribution in [2.75, 3.05) is 0 Å².